The standard InChI is InChI=1S/C19H21NO5/c1-12-5-8-16(13(2)9-12)20-18(21)11-25-17-10-14(23-3)6-7-15(17)19(22)24-4/h5-10H,11H2,1-4H3,(H,20,21). The largest absolute Gasteiger partial charge is 0.497 e. The zero-order valence-electron chi connectivity index (χ0n) is 14.7. The van der Waals surface area contributed by atoms with Gasteiger partial charge in [-0.25, -0.2) is 4.79 Å². The van der Waals surface area contributed by atoms with E-state index in [0.29, 0.717) is 5.75 Å². The smallest absolute Gasteiger partial charge is 0.341 e. The Kier molecular flexibility index (Phi) is 6.00. The number of aryl methyl sites for hydroxylation is 2. The molecule has 6 nitrogen and oxygen atoms in total. The predicted molar refractivity (Wildman–Crippen MR) is 94.4 cm³/mol. The molecule has 1 N–H and O–H groups in total. The number of rotatable bonds is 6. The number of ether oxygens (including phenoxy) is 3. The van der Waals surface area contributed by atoms with Crippen molar-refractivity contribution in [3.05, 3.63) is 53.1 Å². The van der Waals surface area contributed by atoms with E-state index in [1.807, 2.05) is 32.0 Å². The monoisotopic (exact) mass is 343 g/mol. The molecular formula is C19H21NO5. The first-order chi connectivity index (χ1) is 11.9. The summed E-state index contributed by atoms with van der Waals surface area (Å²) in [6.45, 7) is 3.66. The van der Waals surface area contributed by atoms with Gasteiger partial charge in [-0.15, -0.1) is 0 Å². The lowest BCUT2D eigenvalue weighted by Gasteiger charge is -2.13. The minimum absolute atomic E-state index is 0.224. The Balaban J connectivity index is 2.09. The third kappa shape index (κ3) is 4.73. The second kappa shape index (κ2) is 8.19. The Hall–Kier alpha value is -3.02. The lowest BCUT2D eigenvalue weighted by atomic mass is 10.1. The molecule has 0 aliphatic carbocycles. The molecule has 6 heteroatoms. The van der Waals surface area contributed by atoms with E-state index in [9.17, 15) is 9.59 Å². The maximum absolute atomic E-state index is 12.1. The van der Waals surface area contributed by atoms with Gasteiger partial charge < -0.3 is 19.5 Å². The summed E-state index contributed by atoms with van der Waals surface area (Å²) in [7, 11) is 2.78. The van der Waals surface area contributed by atoms with Crippen LogP contribution in [0.2, 0.25) is 0 Å². The molecule has 0 fully saturated rings. The minimum Gasteiger partial charge on any atom is -0.497 e. The van der Waals surface area contributed by atoms with Crippen molar-refractivity contribution < 1.29 is 23.8 Å². The topological polar surface area (TPSA) is 73.9 Å². The summed E-state index contributed by atoms with van der Waals surface area (Å²) >= 11 is 0. The summed E-state index contributed by atoms with van der Waals surface area (Å²) in [5, 5.41) is 2.79. The van der Waals surface area contributed by atoms with Crippen LogP contribution in [0, 0.1) is 13.8 Å². The lowest BCUT2D eigenvalue weighted by Crippen LogP contribution is -2.21. The van der Waals surface area contributed by atoms with Crippen molar-refractivity contribution in [3.63, 3.8) is 0 Å². The van der Waals surface area contributed by atoms with Crippen LogP contribution in [0.4, 0.5) is 5.69 Å². The van der Waals surface area contributed by atoms with Crippen LogP contribution in [0.15, 0.2) is 36.4 Å². The zero-order chi connectivity index (χ0) is 18.4. The molecule has 0 atom stereocenters. The molecule has 0 spiro atoms. The van der Waals surface area contributed by atoms with E-state index in [0.717, 1.165) is 16.8 Å². The van der Waals surface area contributed by atoms with Gasteiger partial charge in [-0.2, -0.15) is 0 Å². The number of esters is 1. The second-order valence-corrected chi connectivity index (χ2v) is 5.51. The van der Waals surface area contributed by atoms with E-state index in [1.165, 1.54) is 26.4 Å². The Morgan fingerprint density at radius 2 is 1.80 bits per heavy atom. The number of benzene rings is 2. The number of carbonyl (C=O) groups excluding carboxylic acids is 2. The number of amides is 1. The first-order valence-corrected chi connectivity index (χ1v) is 7.71. The molecule has 25 heavy (non-hydrogen) atoms. The van der Waals surface area contributed by atoms with Gasteiger partial charge in [0.2, 0.25) is 0 Å². The lowest BCUT2D eigenvalue weighted by molar-refractivity contribution is -0.118. The van der Waals surface area contributed by atoms with Crippen molar-refractivity contribution in [2.75, 3.05) is 26.1 Å². The number of carbonyl (C=O) groups is 2. The fourth-order valence-electron chi connectivity index (χ4n) is 2.31. The molecule has 2 aromatic carbocycles. The SMILES string of the molecule is COC(=O)c1ccc(OC)cc1OCC(=O)Nc1ccc(C)cc1C. The first-order valence-electron chi connectivity index (χ1n) is 7.71. The quantitative estimate of drug-likeness (QED) is 0.816. The van der Waals surface area contributed by atoms with Gasteiger partial charge in [0.1, 0.15) is 17.1 Å². The molecule has 0 saturated heterocycles. The summed E-state index contributed by atoms with van der Waals surface area (Å²) in [5.74, 6) is -0.141. The fourth-order valence-corrected chi connectivity index (χ4v) is 2.31. The Morgan fingerprint density at radius 1 is 1.04 bits per heavy atom. The summed E-state index contributed by atoms with van der Waals surface area (Å²) < 4.78 is 15.3. The molecule has 132 valence electrons. The van der Waals surface area contributed by atoms with Crippen LogP contribution in [0.1, 0.15) is 21.5 Å². The van der Waals surface area contributed by atoms with E-state index in [2.05, 4.69) is 5.32 Å². The molecule has 1 amide bonds. The second-order valence-electron chi connectivity index (χ2n) is 5.51. The Labute approximate surface area is 146 Å². The van der Waals surface area contributed by atoms with Crippen LogP contribution in [0.25, 0.3) is 0 Å². The van der Waals surface area contributed by atoms with Gasteiger partial charge in [0, 0.05) is 11.8 Å². The number of methoxy groups -OCH3 is 2. The van der Waals surface area contributed by atoms with Crippen LogP contribution in [0.5, 0.6) is 11.5 Å². The normalized spacial score (nSPS) is 10.1. The third-order valence-electron chi connectivity index (χ3n) is 3.61. The number of nitrogens with one attached hydrogen (secondary N) is 1. The number of anilines is 1. The van der Waals surface area contributed by atoms with Crippen LogP contribution >= 0.6 is 0 Å². The molecule has 0 aliphatic heterocycles. The highest BCUT2D eigenvalue weighted by Crippen LogP contribution is 2.25. The average molecular weight is 343 g/mol. The van der Waals surface area contributed by atoms with Crippen molar-refractivity contribution in [3.8, 4) is 11.5 Å². The van der Waals surface area contributed by atoms with Gasteiger partial charge in [-0.1, -0.05) is 17.7 Å². The van der Waals surface area contributed by atoms with Gasteiger partial charge >= 0.3 is 5.97 Å². The number of hydrogen-bond acceptors (Lipinski definition) is 5. The van der Waals surface area contributed by atoms with E-state index in [-0.39, 0.29) is 23.8 Å². The van der Waals surface area contributed by atoms with Crippen LogP contribution in [0.3, 0.4) is 0 Å². The van der Waals surface area contributed by atoms with Crippen molar-refractivity contribution in [2.24, 2.45) is 0 Å². The van der Waals surface area contributed by atoms with Crippen molar-refractivity contribution in [2.45, 2.75) is 13.8 Å². The molecule has 0 radical (unpaired) electrons. The van der Waals surface area contributed by atoms with E-state index >= 15 is 0 Å². The fraction of sp³-hybridized carbons (Fsp3) is 0.263. The van der Waals surface area contributed by atoms with Gasteiger partial charge in [-0.3, -0.25) is 4.79 Å². The summed E-state index contributed by atoms with van der Waals surface area (Å²) in [6.07, 6.45) is 0. The van der Waals surface area contributed by atoms with Crippen LogP contribution < -0.4 is 14.8 Å². The average Bonchev–Trinajstić information content (AvgIpc) is 2.61. The van der Waals surface area contributed by atoms with Gasteiger partial charge in [-0.05, 0) is 37.6 Å². The van der Waals surface area contributed by atoms with Gasteiger partial charge in [0.05, 0.1) is 14.2 Å². The maximum Gasteiger partial charge on any atom is 0.341 e. The Bertz CT molecular complexity index is 785. The summed E-state index contributed by atoms with van der Waals surface area (Å²) in [6, 6.07) is 10.4. The van der Waals surface area contributed by atoms with Gasteiger partial charge in [0.15, 0.2) is 6.61 Å². The van der Waals surface area contributed by atoms with E-state index < -0.39 is 5.97 Å². The molecule has 2 aromatic rings. The molecule has 0 saturated carbocycles. The van der Waals surface area contributed by atoms with Crippen LogP contribution in [-0.4, -0.2) is 32.7 Å². The molecular weight excluding hydrogens is 322 g/mol. The summed E-state index contributed by atoms with van der Waals surface area (Å²) in [4.78, 5) is 23.9. The van der Waals surface area contributed by atoms with Gasteiger partial charge in [0.25, 0.3) is 5.91 Å². The van der Waals surface area contributed by atoms with E-state index in [4.69, 9.17) is 14.2 Å². The molecule has 2 rings (SSSR count). The molecule has 0 bridgehead atoms. The highest BCUT2D eigenvalue weighted by atomic mass is 16.5. The van der Waals surface area contributed by atoms with Crippen molar-refractivity contribution >= 4 is 17.6 Å². The highest BCUT2D eigenvalue weighted by Gasteiger charge is 2.15. The molecule has 0 aromatic heterocycles. The maximum atomic E-state index is 12.1. The first kappa shape index (κ1) is 18.3. The minimum atomic E-state index is -0.549. The molecule has 0 heterocycles. The molecule has 0 unspecified atom stereocenters. The van der Waals surface area contributed by atoms with Crippen molar-refractivity contribution in [1.82, 2.24) is 0 Å². The molecule has 0 aliphatic rings. The third-order valence-corrected chi connectivity index (χ3v) is 3.61. The Morgan fingerprint density at radius 3 is 2.44 bits per heavy atom. The summed E-state index contributed by atoms with van der Waals surface area (Å²) in [5.41, 5.74) is 3.02. The number of hydrogen-bond donors (Lipinski definition) is 1. The van der Waals surface area contributed by atoms with Crippen molar-refractivity contribution in [1.29, 1.82) is 0 Å². The predicted octanol–water partition coefficient (Wildman–Crippen LogP) is 3.12. The zero-order valence-corrected chi connectivity index (χ0v) is 14.7. The van der Waals surface area contributed by atoms with E-state index in [1.54, 1.807) is 6.07 Å². The van der Waals surface area contributed by atoms with Crippen LogP contribution in [-0.2, 0) is 9.53 Å². The highest BCUT2D eigenvalue weighted by molar-refractivity contribution is 5.94.